The molecule has 6 heteroatoms. The molecule has 3 aromatic rings. The molecule has 5 nitrogen and oxygen atoms in total. The minimum absolute atomic E-state index is 0.223. The second-order valence-corrected chi connectivity index (χ2v) is 7.30. The Kier molecular flexibility index (Phi) is 7.09. The third kappa shape index (κ3) is 5.19. The fraction of sp³-hybridized carbons (Fsp3) is 0.167. The van der Waals surface area contributed by atoms with Gasteiger partial charge in [-0.25, -0.2) is 0 Å². The lowest BCUT2D eigenvalue weighted by Gasteiger charge is -2.22. The van der Waals surface area contributed by atoms with Crippen LogP contribution in [0.2, 0.25) is 5.02 Å². The van der Waals surface area contributed by atoms with Gasteiger partial charge in [0.05, 0.1) is 18.1 Å². The lowest BCUT2D eigenvalue weighted by Crippen LogP contribution is -2.47. The van der Waals surface area contributed by atoms with E-state index >= 15 is 0 Å². The predicted molar refractivity (Wildman–Crippen MR) is 118 cm³/mol. The molecule has 0 aliphatic carbocycles. The SMILES string of the molecule is COc1ccc(C[C@@H](NC(=O)C(c2ccccc2)c2ccccc2)C(N)=O)cc1Cl. The van der Waals surface area contributed by atoms with E-state index in [4.69, 9.17) is 22.1 Å². The maximum atomic E-state index is 13.3. The van der Waals surface area contributed by atoms with Crippen molar-refractivity contribution in [3.05, 3.63) is 101 Å². The number of nitrogens with two attached hydrogens (primary N) is 1. The van der Waals surface area contributed by atoms with Gasteiger partial charge in [-0.1, -0.05) is 78.3 Å². The summed E-state index contributed by atoms with van der Waals surface area (Å²) in [6.45, 7) is 0. The van der Waals surface area contributed by atoms with Gasteiger partial charge >= 0.3 is 0 Å². The number of halogens is 1. The number of amides is 2. The Balaban J connectivity index is 1.85. The molecule has 3 rings (SSSR count). The van der Waals surface area contributed by atoms with Crippen molar-refractivity contribution >= 4 is 23.4 Å². The van der Waals surface area contributed by atoms with Crippen molar-refractivity contribution in [3.63, 3.8) is 0 Å². The van der Waals surface area contributed by atoms with Gasteiger partial charge in [-0.15, -0.1) is 0 Å². The van der Waals surface area contributed by atoms with E-state index in [-0.39, 0.29) is 12.3 Å². The maximum Gasteiger partial charge on any atom is 0.240 e. The number of hydrogen-bond acceptors (Lipinski definition) is 3. The minimum atomic E-state index is -0.878. The van der Waals surface area contributed by atoms with E-state index in [1.165, 1.54) is 7.11 Å². The molecular weight excluding hydrogens is 400 g/mol. The predicted octanol–water partition coefficient (Wildman–Crippen LogP) is 3.69. The summed E-state index contributed by atoms with van der Waals surface area (Å²) in [6.07, 6.45) is 0.223. The van der Waals surface area contributed by atoms with Crippen molar-refractivity contribution in [3.8, 4) is 5.75 Å². The normalized spacial score (nSPS) is 11.7. The van der Waals surface area contributed by atoms with Gasteiger partial charge in [0.25, 0.3) is 0 Å². The fourth-order valence-electron chi connectivity index (χ4n) is 3.34. The zero-order valence-corrected chi connectivity index (χ0v) is 17.3. The lowest BCUT2D eigenvalue weighted by atomic mass is 9.90. The first kappa shape index (κ1) is 21.4. The van der Waals surface area contributed by atoms with Gasteiger partial charge in [-0.3, -0.25) is 9.59 Å². The van der Waals surface area contributed by atoms with Crippen LogP contribution in [0.3, 0.4) is 0 Å². The van der Waals surface area contributed by atoms with Crippen LogP contribution in [0.5, 0.6) is 5.75 Å². The molecule has 154 valence electrons. The van der Waals surface area contributed by atoms with Crippen molar-refractivity contribution < 1.29 is 14.3 Å². The van der Waals surface area contributed by atoms with Crippen LogP contribution in [0, 0.1) is 0 Å². The Hall–Kier alpha value is -3.31. The van der Waals surface area contributed by atoms with Gasteiger partial charge in [0.1, 0.15) is 11.8 Å². The number of rotatable bonds is 8. The quantitative estimate of drug-likeness (QED) is 0.580. The molecule has 30 heavy (non-hydrogen) atoms. The first-order valence-corrected chi connectivity index (χ1v) is 9.89. The molecule has 3 N–H and O–H groups in total. The van der Waals surface area contributed by atoms with E-state index in [9.17, 15) is 9.59 Å². The average molecular weight is 423 g/mol. The molecule has 0 saturated heterocycles. The van der Waals surface area contributed by atoms with E-state index in [1.54, 1.807) is 18.2 Å². The third-order valence-electron chi connectivity index (χ3n) is 4.84. The molecule has 1 atom stereocenters. The molecule has 0 radical (unpaired) electrons. The summed E-state index contributed by atoms with van der Waals surface area (Å²) in [4.78, 5) is 25.3. The Morgan fingerprint density at radius 3 is 2.00 bits per heavy atom. The lowest BCUT2D eigenvalue weighted by molar-refractivity contribution is -0.127. The highest BCUT2D eigenvalue weighted by Gasteiger charge is 2.27. The van der Waals surface area contributed by atoms with Gasteiger partial charge in [-0.05, 0) is 28.8 Å². The van der Waals surface area contributed by atoms with Crippen LogP contribution in [0.25, 0.3) is 0 Å². The van der Waals surface area contributed by atoms with Crippen LogP contribution in [0.4, 0.5) is 0 Å². The summed E-state index contributed by atoms with van der Waals surface area (Å²) in [7, 11) is 1.53. The summed E-state index contributed by atoms with van der Waals surface area (Å²) in [5, 5.41) is 3.25. The Bertz CT molecular complexity index is 970. The molecule has 0 aromatic heterocycles. The Morgan fingerprint density at radius 2 is 1.53 bits per heavy atom. The third-order valence-corrected chi connectivity index (χ3v) is 5.14. The molecule has 3 aromatic carbocycles. The summed E-state index contributed by atoms with van der Waals surface area (Å²) in [6, 6.07) is 23.2. The zero-order valence-electron chi connectivity index (χ0n) is 16.5. The number of primary amides is 1. The van der Waals surface area contributed by atoms with Crippen LogP contribution >= 0.6 is 11.6 Å². The molecule has 0 spiro atoms. The Labute approximate surface area is 180 Å². The number of ether oxygens (including phenoxy) is 1. The Morgan fingerprint density at radius 1 is 0.967 bits per heavy atom. The topological polar surface area (TPSA) is 81.4 Å². The number of hydrogen-bond donors (Lipinski definition) is 2. The van der Waals surface area contributed by atoms with Crippen molar-refractivity contribution in [1.82, 2.24) is 5.32 Å². The van der Waals surface area contributed by atoms with Gasteiger partial charge < -0.3 is 15.8 Å². The van der Waals surface area contributed by atoms with E-state index in [0.717, 1.165) is 16.7 Å². The van der Waals surface area contributed by atoms with Crippen LogP contribution < -0.4 is 15.8 Å². The summed E-state index contributed by atoms with van der Waals surface area (Å²) in [5.41, 5.74) is 8.02. The van der Waals surface area contributed by atoms with Crippen LogP contribution in [0.15, 0.2) is 78.9 Å². The van der Waals surface area contributed by atoms with Crippen LogP contribution in [-0.2, 0) is 16.0 Å². The standard InChI is InChI=1S/C24H23ClN2O3/c1-30-21-13-12-16(14-19(21)25)15-20(23(26)28)27-24(29)22(17-8-4-2-5-9-17)18-10-6-3-7-11-18/h2-14,20,22H,15H2,1H3,(H2,26,28)(H,27,29)/t20-/m1/s1. The second kappa shape index (κ2) is 9.94. The summed E-state index contributed by atoms with van der Waals surface area (Å²) < 4.78 is 5.15. The molecule has 0 fully saturated rings. The molecule has 2 amide bonds. The van der Waals surface area contributed by atoms with Gasteiger partial charge in [0, 0.05) is 6.42 Å². The first-order valence-electron chi connectivity index (χ1n) is 9.51. The number of benzene rings is 3. The molecule has 0 heterocycles. The maximum absolute atomic E-state index is 13.3. The zero-order chi connectivity index (χ0) is 21.5. The van der Waals surface area contributed by atoms with E-state index < -0.39 is 17.9 Å². The molecule has 0 aliphatic rings. The molecule has 0 bridgehead atoms. The number of carbonyl (C=O) groups excluding carboxylic acids is 2. The molecule has 0 saturated carbocycles. The number of methoxy groups -OCH3 is 1. The molecule has 0 unspecified atom stereocenters. The van der Waals surface area contributed by atoms with E-state index in [0.29, 0.717) is 10.8 Å². The highest BCUT2D eigenvalue weighted by atomic mass is 35.5. The van der Waals surface area contributed by atoms with E-state index in [2.05, 4.69) is 5.32 Å². The number of carbonyl (C=O) groups is 2. The number of nitrogens with one attached hydrogen (secondary N) is 1. The monoisotopic (exact) mass is 422 g/mol. The molecular formula is C24H23ClN2O3. The van der Waals surface area contributed by atoms with Gasteiger partial charge in [0.15, 0.2) is 0 Å². The first-order chi connectivity index (χ1) is 14.5. The van der Waals surface area contributed by atoms with Crippen LogP contribution in [0.1, 0.15) is 22.6 Å². The highest BCUT2D eigenvalue weighted by molar-refractivity contribution is 6.32. The summed E-state index contributed by atoms with van der Waals surface area (Å²) in [5.74, 6) is -0.937. The highest BCUT2D eigenvalue weighted by Crippen LogP contribution is 2.27. The second-order valence-electron chi connectivity index (χ2n) is 6.89. The largest absolute Gasteiger partial charge is 0.495 e. The van der Waals surface area contributed by atoms with Crippen molar-refractivity contribution in [1.29, 1.82) is 0 Å². The average Bonchev–Trinajstić information content (AvgIpc) is 2.75. The van der Waals surface area contributed by atoms with Crippen molar-refractivity contribution in [2.45, 2.75) is 18.4 Å². The van der Waals surface area contributed by atoms with Gasteiger partial charge in [0.2, 0.25) is 11.8 Å². The molecule has 0 aliphatic heterocycles. The summed E-state index contributed by atoms with van der Waals surface area (Å²) >= 11 is 6.18. The van der Waals surface area contributed by atoms with Crippen molar-refractivity contribution in [2.24, 2.45) is 5.73 Å². The van der Waals surface area contributed by atoms with Crippen molar-refractivity contribution in [2.75, 3.05) is 7.11 Å². The van der Waals surface area contributed by atoms with Gasteiger partial charge in [-0.2, -0.15) is 0 Å². The fourth-order valence-corrected chi connectivity index (χ4v) is 3.62. The smallest absolute Gasteiger partial charge is 0.240 e. The van der Waals surface area contributed by atoms with E-state index in [1.807, 2.05) is 60.7 Å². The van der Waals surface area contributed by atoms with Crippen LogP contribution in [-0.4, -0.2) is 25.0 Å². The minimum Gasteiger partial charge on any atom is -0.495 e.